The lowest BCUT2D eigenvalue weighted by molar-refractivity contribution is 0.146. The zero-order valence-corrected chi connectivity index (χ0v) is 13.3. The van der Waals surface area contributed by atoms with Crippen molar-refractivity contribution >= 4 is 11.6 Å². The van der Waals surface area contributed by atoms with Crippen molar-refractivity contribution in [2.24, 2.45) is 13.0 Å². The van der Waals surface area contributed by atoms with Gasteiger partial charge in [0.1, 0.15) is 0 Å². The summed E-state index contributed by atoms with van der Waals surface area (Å²) in [6.07, 6.45) is 1.75. The molecule has 3 rings (SSSR count). The number of halogens is 1. The lowest BCUT2D eigenvalue weighted by Gasteiger charge is -2.14. The van der Waals surface area contributed by atoms with Gasteiger partial charge in [0.2, 0.25) is 0 Å². The van der Waals surface area contributed by atoms with Crippen molar-refractivity contribution < 1.29 is 5.11 Å². The number of nitrogens with one attached hydrogen (secondary N) is 2. The van der Waals surface area contributed by atoms with Gasteiger partial charge < -0.3 is 15.7 Å². The number of benzene rings is 1. The number of nitrogens with zero attached hydrogens (tertiary/aromatic N) is 2. The minimum atomic E-state index is -0.260. The van der Waals surface area contributed by atoms with Crippen LogP contribution in [0.4, 0.5) is 0 Å². The number of hydrogen-bond donors (Lipinski definition) is 3. The Labute approximate surface area is 135 Å². The third-order valence-electron chi connectivity index (χ3n) is 4.06. The normalized spacial score (nSPS) is 21.4. The molecule has 22 heavy (non-hydrogen) atoms. The van der Waals surface area contributed by atoms with Crippen LogP contribution in [0.3, 0.4) is 0 Å². The summed E-state index contributed by atoms with van der Waals surface area (Å²) in [5.74, 6) is 0.264. The third-order valence-corrected chi connectivity index (χ3v) is 4.39. The third kappa shape index (κ3) is 3.33. The number of aryl methyl sites for hydroxylation is 1. The molecule has 0 spiro atoms. The molecule has 1 aromatic heterocycles. The van der Waals surface area contributed by atoms with Crippen molar-refractivity contribution in [3.8, 4) is 11.3 Å². The molecule has 2 atom stereocenters. The fourth-order valence-electron chi connectivity index (χ4n) is 2.87. The fraction of sp³-hybridized carbons (Fsp3) is 0.438. The minimum absolute atomic E-state index is 0.260. The van der Waals surface area contributed by atoms with Crippen LogP contribution in [0.5, 0.6) is 0 Å². The highest BCUT2D eigenvalue weighted by Gasteiger charge is 2.24. The van der Waals surface area contributed by atoms with E-state index >= 15 is 0 Å². The van der Waals surface area contributed by atoms with Gasteiger partial charge in [-0.3, -0.25) is 4.68 Å². The van der Waals surface area contributed by atoms with E-state index in [1.165, 1.54) is 0 Å². The van der Waals surface area contributed by atoms with E-state index in [9.17, 15) is 5.11 Å². The van der Waals surface area contributed by atoms with Crippen LogP contribution in [-0.4, -0.2) is 40.6 Å². The summed E-state index contributed by atoms with van der Waals surface area (Å²) in [6, 6.07) is 7.75. The van der Waals surface area contributed by atoms with E-state index in [2.05, 4.69) is 15.7 Å². The second-order valence-electron chi connectivity index (χ2n) is 5.77. The first-order valence-electron chi connectivity index (χ1n) is 7.52. The first-order chi connectivity index (χ1) is 10.6. The monoisotopic (exact) mass is 320 g/mol. The molecule has 1 saturated heterocycles. The Morgan fingerprint density at radius 2 is 2.23 bits per heavy atom. The molecule has 0 radical (unpaired) electrons. The highest BCUT2D eigenvalue weighted by atomic mass is 35.5. The van der Waals surface area contributed by atoms with Gasteiger partial charge in [0.15, 0.2) is 0 Å². The Bertz CT molecular complexity index is 643. The average Bonchev–Trinajstić information content (AvgIpc) is 3.06. The van der Waals surface area contributed by atoms with Gasteiger partial charge in [0.05, 0.1) is 16.8 Å². The second kappa shape index (κ2) is 6.79. The van der Waals surface area contributed by atoms with Crippen LogP contribution in [0.2, 0.25) is 5.02 Å². The molecule has 1 fully saturated rings. The maximum absolute atomic E-state index is 9.82. The van der Waals surface area contributed by atoms with Crippen LogP contribution in [0.25, 0.3) is 11.3 Å². The number of aliphatic hydroxyl groups excluding tert-OH is 1. The Balaban J connectivity index is 1.70. The summed E-state index contributed by atoms with van der Waals surface area (Å²) in [6.45, 7) is 3.03. The number of aliphatic hydroxyl groups is 1. The van der Waals surface area contributed by atoms with Crippen molar-refractivity contribution in [2.75, 3.05) is 19.6 Å². The molecule has 2 heterocycles. The van der Waals surface area contributed by atoms with E-state index in [4.69, 9.17) is 11.6 Å². The molecule has 1 aliphatic rings. The number of rotatable bonds is 5. The van der Waals surface area contributed by atoms with Gasteiger partial charge >= 0.3 is 0 Å². The van der Waals surface area contributed by atoms with Crippen molar-refractivity contribution in [3.05, 3.63) is 41.0 Å². The Morgan fingerprint density at radius 3 is 2.95 bits per heavy atom. The van der Waals surface area contributed by atoms with Gasteiger partial charge in [0.25, 0.3) is 0 Å². The van der Waals surface area contributed by atoms with Crippen LogP contribution >= 0.6 is 11.6 Å². The van der Waals surface area contributed by atoms with Crippen LogP contribution < -0.4 is 10.6 Å². The SMILES string of the molecule is Cn1cc(CNCC2CNCC2O)c(-c2ccccc2Cl)n1. The summed E-state index contributed by atoms with van der Waals surface area (Å²) < 4.78 is 1.81. The van der Waals surface area contributed by atoms with Crippen molar-refractivity contribution in [3.63, 3.8) is 0 Å². The van der Waals surface area contributed by atoms with E-state index in [-0.39, 0.29) is 12.0 Å². The number of aromatic nitrogens is 2. The highest BCUT2D eigenvalue weighted by Crippen LogP contribution is 2.28. The molecule has 1 aromatic carbocycles. The van der Waals surface area contributed by atoms with Gasteiger partial charge in [-0.1, -0.05) is 29.8 Å². The topological polar surface area (TPSA) is 62.1 Å². The lowest BCUT2D eigenvalue weighted by Crippen LogP contribution is -2.30. The molecule has 1 aliphatic heterocycles. The van der Waals surface area contributed by atoms with E-state index < -0.39 is 0 Å². The summed E-state index contributed by atoms with van der Waals surface area (Å²) in [5, 5.41) is 21.7. The molecular formula is C16H21ClN4O. The van der Waals surface area contributed by atoms with Gasteiger partial charge in [-0.25, -0.2) is 0 Å². The molecule has 2 unspecified atom stereocenters. The second-order valence-corrected chi connectivity index (χ2v) is 6.18. The van der Waals surface area contributed by atoms with E-state index in [1.54, 1.807) is 0 Å². The van der Waals surface area contributed by atoms with Crippen LogP contribution in [0.1, 0.15) is 5.56 Å². The predicted octanol–water partition coefficient (Wildman–Crippen LogP) is 1.41. The minimum Gasteiger partial charge on any atom is -0.391 e. The first-order valence-corrected chi connectivity index (χ1v) is 7.90. The molecular weight excluding hydrogens is 300 g/mol. The van der Waals surface area contributed by atoms with Gasteiger partial charge in [-0.05, 0) is 6.07 Å². The largest absolute Gasteiger partial charge is 0.391 e. The lowest BCUT2D eigenvalue weighted by atomic mass is 10.1. The van der Waals surface area contributed by atoms with E-state index in [0.29, 0.717) is 18.1 Å². The molecule has 0 amide bonds. The van der Waals surface area contributed by atoms with Crippen molar-refractivity contribution in [2.45, 2.75) is 12.6 Å². The van der Waals surface area contributed by atoms with Crippen molar-refractivity contribution in [1.29, 1.82) is 0 Å². The average molecular weight is 321 g/mol. The Kier molecular flexibility index (Phi) is 4.78. The van der Waals surface area contributed by atoms with Crippen LogP contribution in [0.15, 0.2) is 30.5 Å². The molecule has 0 aliphatic carbocycles. The maximum Gasteiger partial charge on any atom is 0.0982 e. The van der Waals surface area contributed by atoms with Crippen LogP contribution in [0, 0.1) is 5.92 Å². The number of β-amino-alcohol motifs (C(OH)–C–C–N with tert-alkyl or cyclic N) is 1. The zero-order valence-electron chi connectivity index (χ0n) is 12.6. The first kappa shape index (κ1) is 15.5. The predicted molar refractivity (Wildman–Crippen MR) is 87.7 cm³/mol. The molecule has 2 aromatic rings. The highest BCUT2D eigenvalue weighted by molar-refractivity contribution is 6.33. The standard InChI is InChI=1S/C16H21ClN4O/c1-21-10-12(8-18-6-11-7-19-9-15(11)22)16(20-21)13-4-2-3-5-14(13)17/h2-5,10-11,15,18-19,22H,6-9H2,1H3. The summed E-state index contributed by atoms with van der Waals surface area (Å²) in [5.41, 5.74) is 2.96. The summed E-state index contributed by atoms with van der Waals surface area (Å²) >= 11 is 6.29. The quantitative estimate of drug-likeness (QED) is 0.779. The Morgan fingerprint density at radius 1 is 1.41 bits per heavy atom. The van der Waals surface area contributed by atoms with Crippen LogP contribution in [-0.2, 0) is 13.6 Å². The van der Waals surface area contributed by atoms with Gasteiger partial charge in [-0.15, -0.1) is 0 Å². The zero-order chi connectivity index (χ0) is 15.5. The fourth-order valence-corrected chi connectivity index (χ4v) is 3.09. The molecule has 3 N–H and O–H groups in total. The smallest absolute Gasteiger partial charge is 0.0982 e. The van der Waals surface area contributed by atoms with E-state index in [0.717, 1.165) is 29.9 Å². The molecule has 0 bridgehead atoms. The van der Waals surface area contributed by atoms with Crippen molar-refractivity contribution in [1.82, 2.24) is 20.4 Å². The molecule has 5 nitrogen and oxygen atoms in total. The molecule has 6 heteroatoms. The molecule has 118 valence electrons. The Hall–Kier alpha value is -1.40. The summed E-state index contributed by atoms with van der Waals surface area (Å²) in [4.78, 5) is 0. The van der Waals surface area contributed by atoms with Gasteiger partial charge in [-0.2, -0.15) is 5.10 Å². The summed E-state index contributed by atoms with van der Waals surface area (Å²) in [7, 11) is 1.91. The van der Waals surface area contributed by atoms with Gasteiger partial charge in [0, 0.05) is 56.5 Å². The van der Waals surface area contributed by atoms with E-state index in [1.807, 2.05) is 42.2 Å². The molecule has 0 saturated carbocycles. The number of hydrogen-bond acceptors (Lipinski definition) is 4. The maximum atomic E-state index is 9.82.